The van der Waals surface area contributed by atoms with Gasteiger partial charge in [0.2, 0.25) is 0 Å². The van der Waals surface area contributed by atoms with Crippen molar-refractivity contribution in [2.24, 2.45) is 0 Å². The van der Waals surface area contributed by atoms with E-state index in [1.807, 2.05) is 0 Å². The molecule has 0 bridgehead atoms. The molecule has 0 spiro atoms. The first-order valence-corrected chi connectivity index (χ1v) is 6.05. The third kappa shape index (κ3) is 3.17. The average molecular weight is 331 g/mol. The van der Waals surface area contributed by atoms with Gasteiger partial charge in [0, 0.05) is 5.69 Å². The summed E-state index contributed by atoms with van der Waals surface area (Å²) in [6, 6.07) is 5.39. The predicted molar refractivity (Wildman–Crippen MR) is 65.1 cm³/mol. The molecule has 0 aliphatic heterocycles. The molecule has 0 unspecified atom stereocenters. The SMILES string of the molecule is CC(C)c1ccccc1NC(=O)C(F)(F)C(F)(F)C(F)(F)F. The topological polar surface area (TPSA) is 29.1 Å². The predicted octanol–water partition coefficient (Wildman–Crippen LogP) is 4.58. The van der Waals surface area contributed by atoms with Crippen LogP contribution in [-0.2, 0) is 4.79 Å². The van der Waals surface area contributed by atoms with Crippen LogP contribution in [0.25, 0.3) is 0 Å². The lowest BCUT2D eigenvalue weighted by atomic mass is 10.0. The molecule has 0 heterocycles. The summed E-state index contributed by atoms with van der Waals surface area (Å²) >= 11 is 0. The van der Waals surface area contributed by atoms with Crippen molar-refractivity contribution in [2.45, 2.75) is 37.8 Å². The summed E-state index contributed by atoms with van der Waals surface area (Å²) in [5, 5.41) is 1.44. The third-order valence-electron chi connectivity index (χ3n) is 2.87. The molecule has 0 aromatic heterocycles. The van der Waals surface area contributed by atoms with E-state index in [2.05, 4.69) is 0 Å². The normalized spacial score (nSPS) is 13.4. The number of hydrogen-bond acceptors (Lipinski definition) is 1. The van der Waals surface area contributed by atoms with Crippen LogP contribution in [0.5, 0.6) is 0 Å². The van der Waals surface area contributed by atoms with Crippen LogP contribution in [0, 0.1) is 0 Å². The summed E-state index contributed by atoms with van der Waals surface area (Å²) in [7, 11) is 0. The van der Waals surface area contributed by atoms with Crippen molar-refractivity contribution in [1.82, 2.24) is 0 Å². The summed E-state index contributed by atoms with van der Waals surface area (Å²) in [4.78, 5) is 11.3. The van der Waals surface area contributed by atoms with Crippen LogP contribution in [0.4, 0.5) is 36.4 Å². The Morgan fingerprint density at radius 3 is 1.95 bits per heavy atom. The lowest BCUT2D eigenvalue weighted by molar-refractivity contribution is -0.343. The van der Waals surface area contributed by atoms with Crippen LogP contribution in [0.2, 0.25) is 0 Å². The Morgan fingerprint density at radius 2 is 1.50 bits per heavy atom. The minimum Gasteiger partial charge on any atom is -0.320 e. The van der Waals surface area contributed by atoms with Gasteiger partial charge in [-0.25, -0.2) is 0 Å². The van der Waals surface area contributed by atoms with Gasteiger partial charge in [0.05, 0.1) is 0 Å². The van der Waals surface area contributed by atoms with Crippen molar-refractivity contribution in [3.05, 3.63) is 29.8 Å². The van der Waals surface area contributed by atoms with Crippen molar-refractivity contribution in [2.75, 3.05) is 5.32 Å². The molecule has 0 fully saturated rings. The van der Waals surface area contributed by atoms with E-state index in [1.54, 1.807) is 13.8 Å². The molecule has 2 nitrogen and oxygen atoms in total. The summed E-state index contributed by atoms with van der Waals surface area (Å²) in [6.45, 7) is 3.26. The second kappa shape index (κ2) is 5.77. The summed E-state index contributed by atoms with van der Waals surface area (Å²) in [5.74, 6) is -15.4. The number of carbonyl (C=O) groups is 1. The zero-order valence-electron chi connectivity index (χ0n) is 11.4. The number of benzene rings is 1. The van der Waals surface area contributed by atoms with Crippen LogP contribution in [0.1, 0.15) is 25.3 Å². The Morgan fingerprint density at radius 1 is 1.00 bits per heavy atom. The molecular formula is C13H12F7NO. The first-order chi connectivity index (χ1) is 9.82. The Labute approximate surface area is 121 Å². The molecule has 0 aliphatic carbocycles. The van der Waals surface area contributed by atoms with Gasteiger partial charge in [-0.3, -0.25) is 4.79 Å². The Balaban J connectivity index is 3.13. The maximum Gasteiger partial charge on any atom is 0.460 e. The lowest BCUT2D eigenvalue weighted by Crippen LogP contribution is -2.57. The van der Waals surface area contributed by atoms with E-state index in [1.165, 1.54) is 23.5 Å². The van der Waals surface area contributed by atoms with Gasteiger partial charge in [-0.2, -0.15) is 30.7 Å². The molecule has 1 N–H and O–H groups in total. The number of halogens is 7. The Kier molecular flexibility index (Phi) is 4.79. The minimum absolute atomic E-state index is 0.250. The number of amides is 1. The zero-order chi connectivity index (χ0) is 17.3. The molecule has 0 saturated heterocycles. The number of nitrogens with one attached hydrogen (secondary N) is 1. The molecule has 1 aromatic rings. The monoisotopic (exact) mass is 331 g/mol. The van der Waals surface area contributed by atoms with E-state index in [4.69, 9.17) is 0 Å². The highest BCUT2D eigenvalue weighted by atomic mass is 19.4. The Bertz CT molecular complexity index is 552. The quantitative estimate of drug-likeness (QED) is 0.804. The Hall–Kier alpha value is -1.80. The molecule has 0 aliphatic rings. The van der Waals surface area contributed by atoms with Crippen LogP contribution in [-0.4, -0.2) is 23.9 Å². The molecule has 9 heteroatoms. The van der Waals surface area contributed by atoms with Crippen LogP contribution in [0.3, 0.4) is 0 Å². The molecule has 1 amide bonds. The first-order valence-electron chi connectivity index (χ1n) is 6.05. The summed E-state index contributed by atoms with van der Waals surface area (Å²) in [6.07, 6.45) is -6.55. The summed E-state index contributed by atoms with van der Waals surface area (Å²) in [5.41, 5.74) is 0.0714. The van der Waals surface area contributed by atoms with Gasteiger partial charge in [-0.15, -0.1) is 0 Å². The van der Waals surface area contributed by atoms with Gasteiger partial charge in [0.15, 0.2) is 0 Å². The number of alkyl halides is 7. The van der Waals surface area contributed by atoms with E-state index in [0.717, 1.165) is 6.07 Å². The number of rotatable bonds is 4. The largest absolute Gasteiger partial charge is 0.460 e. The smallest absolute Gasteiger partial charge is 0.320 e. The van der Waals surface area contributed by atoms with Gasteiger partial charge in [0.25, 0.3) is 0 Å². The van der Waals surface area contributed by atoms with Gasteiger partial charge >= 0.3 is 23.9 Å². The van der Waals surface area contributed by atoms with E-state index in [-0.39, 0.29) is 11.6 Å². The second-order valence-electron chi connectivity index (χ2n) is 4.84. The second-order valence-corrected chi connectivity index (χ2v) is 4.84. The fraction of sp³-hybridized carbons (Fsp3) is 0.462. The number of carbonyl (C=O) groups excluding carboxylic acids is 1. The van der Waals surface area contributed by atoms with E-state index >= 15 is 0 Å². The van der Waals surface area contributed by atoms with E-state index in [0.29, 0.717) is 5.56 Å². The summed E-state index contributed by atoms with van der Waals surface area (Å²) < 4.78 is 88.1. The van der Waals surface area contributed by atoms with Crippen LogP contribution >= 0.6 is 0 Å². The molecule has 1 aromatic carbocycles. The van der Waals surface area contributed by atoms with E-state index < -0.39 is 23.9 Å². The highest BCUT2D eigenvalue weighted by Gasteiger charge is 2.76. The molecular weight excluding hydrogens is 319 g/mol. The number of hydrogen-bond donors (Lipinski definition) is 1. The standard InChI is InChI=1S/C13H12F7NO/c1-7(2)8-5-3-4-6-9(8)21-10(22)11(14,15)12(16,17)13(18,19)20/h3-7H,1-2H3,(H,21,22). The number of para-hydroxylation sites is 1. The average Bonchev–Trinajstić information content (AvgIpc) is 2.37. The lowest BCUT2D eigenvalue weighted by Gasteiger charge is -2.27. The molecule has 124 valence electrons. The van der Waals surface area contributed by atoms with Crippen molar-refractivity contribution in [1.29, 1.82) is 0 Å². The van der Waals surface area contributed by atoms with Crippen molar-refractivity contribution in [3.63, 3.8) is 0 Å². The molecule has 22 heavy (non-hydrogen) atoms. The van der Waals surface area contributed by atoms with E-state index in [9.17, 15) is 35.5 Å². The molecule has 0 atom stereocenters. The minimum atomic E-state index is -6.55. The van der Waals surface area contributed by atoms with Crippen molar-refractivity contribution in [3.8, 4) is 0 Å². The molecule has 1 rings (SSSR count). The fourth-order valence-electron chi connectivity index (χ4n) is 1.64. The van der Waals surface area contributed by atoms with Crippen LogP contribution in [0.15, 0.2) is 24.3 Å². The van der Waals surface area contributed by atoms with Crippen LogP contribution < -0.4 is 5.32 Å². The van der Waals surface area contributed by atoms with Gasteiger partial charge in [0.1, 0.15) is 0 Å². The fourth-order valence-corrected chi connectivity index (χ4v) is 1.64. The van der Waals surface area contributed by atoms with Crippen molar-refractivity contribution >= 4 is 11.6 Å². The van der Waals surface area contributed by atoms with Crippen molar-refractivity contribution < 1.29 is 35.5 Å². The maximum absolute atomic E-state index is 13.2. The highest BCUT2D eigenvalue weighted by Crippen LogP contribution is 2.47. The molecule has 0 saturated carbocycles. The third-order valence-corrected chi connectivity index (χ3v) is 2.87. The molecule has 0 radical (unpaired) electrons. The van der Waals surface area contributed by atoms with Gasteiger partial charge < -0.3 is 5.32 Å². The zero-order valence-corrected chi connectivity index (χ0v) is 11.4. The van der Waals surface area contributed by atoms with Gasteiger partial charge in [-0.05, 0) is 17.5 Å². The first kappa shape index (κ1) is 18.2. The number of anilines is 1. The highest BCUT2D eigenvalue weighted by molar-refractivity contribution is 5.97. The maximum atomic E-state index is 13.2. The van der Waals surface area contributed by atoms with Gasteiger partial charge in [-0.1, -0.05) is 32.0 Å².